The van der Waals surface area contributed by atoms with Gasteiger partial charge in [0.15, 0.2) is 0 Å². The van der Waals surface area contributed by atoms with Crippen LogP contribution in [0.2, 0.25) is 0 Å². The van der Waals surface area contributed by atoms with Gasteiger partial charge >= 0.3 is 0 Å². The molecule has 0 N–H and O–H groups in total. The second kappa shape index (κ2) is 19.8. The van der Waals surface area contributed by atoms with Gasteiger partial charge in [-0.05, 0) is 174 Å². The van der Waals surface area contributed by atoms with Crippen LogP contribution in [0.25, 0.3) is 0 Å². The Morgan fingerprint density at radius 3 is 1.07 bits per heavy atom. The van der Waals surface area contributed by atoms with Crippen molar-refractivity contribution in [3.05, 3.63) is 0 Å². The summed E-state index contributed by atoms with van der Waals surface area (Å²) in [5, 5.41) is 0. The topological polar surface area (TPSA) is 6.48 Å². The lowest BCUT2D eigenvalue weighted by molar-refractivity contribution is -0.142. The molecule has 11 aliphatic rings. The van der Waals surface area contributed by atoms with Crippen molar-refractivity contribution in [1.82, 2.24) is 9.80 Å². The van der Waals surface area contributed by atoms with Crippen molar-refractivity contribution in [2.75, 3.05) is 0 Å². The highest BCUT2D eigenvalue weighted by Crippen LogP contribution is 2.65. The highest BCUT2D eigenvalue weighted by Gasteiger charge is 2.58. The molecule has 15 atom stereocenters. The van der Waals surface area contributed by atoms with E-state index in [1.54, 1.807) is 173 Å². The smallest absolute Gasteiger partial charge is 0.0132 e. The van der Waals surface area contributed by atoms with E-state index in [0.29, 0.717) is 0 Å². The van der Waals surface area contributed by atoms with Crippen LogP contribution in [-0.4, -0.2) is 46.1 Å². The summed E-state index contributed by atoms with van der Waals surface area (Å²) in [5.74, 6) is 12.9. The Labute approximate surface area is 372 Å². The quantitative estimate of drug-likeness (QED) is 0.241. The van der Waals surface area contributed by atoms with Crippen LogP contribution < -0.4 is 0 Å². The molecule has 0 aliphatic heterocycles. The number of rotatable bonds is 8. The van der Waals surface area contributed by atoms with Gasteiger partial charge in [-0.1, -0.05) is 154 Å². The summed E-state index contributed by atoms with van der Waals surface area (Å²) in [6.07, 6.45) is 62.7. The van der Waals surface area contributed by atoms with Gasteiger partial charge in [-0.25, -0.2) is 0 Å². The molecule has 0 heterocycles. The minimum Gasteiger partial charge on any atom is -0.294 e. The van der Waals surface area contributed by atoms with Crippen LogP contribution in [0.5, 0.6) is 0 Å². The average Bonchev–Trinajstić information content (AvgIpc) is 3.31. The van der Waals surface area contributed by atoms with Crippen molar-refractivity contribution in [3.63, 3.8) is 0 Å². The first-order valence-corrected chi connectivity index (χ1v) is 29.3. The third kappa shape index (κ3) is 8.69. The van der Waals surface area contributed by atoms with Crippen molar-refractivity contribution in [2.24, 2.45) is 71.0 Å². The molecule has 0 spiro atoms. The molecule has 0 bridgehead atoms. The summed E-state index contributed by atoms with van der Waals surface area (Å²) in [6.45, 7) is 0. The minimum absolute atomic E-state index is 0.923. The average molecular weight is 823 g/mol. The summed E-state index contributed by atoms with van der Waals surface area (Å²) in [6, 6.07) is 5.58. The summed E-state index contributed by atoms with van der Waals surface area (Å²) in [5.41, 5.74) is 0. The normalized spacial score (nSPS) is 46.6. The molecule has 0 saturated heterocycles. The number of hydrogen-bond acceptors (Lipinski definition) is 2. The van der Waals surface area contributed by atoms with Crippen molar-refractivity contribution >= 4 is 0 Å². The summed E-state index contributed by atoms with van der Waals surface area (Å²) in [7, 11) is 0. The summed E-state index contributed by atoms with van der Waals surface area (Å²) >= 11 is 0. The van der Waals surface area contributed by atoms with Crippen molar-refractivity contribution < 1.29 is 0 Å². The lowest BCUT2D eigenvalue weighted by atomic mass is 9.43. The standard InChI is InChI=1S/C58H98N2/c1-4-25-46(26-5-1)59(47-27-6-2-7-28-47)49-31-16-23-44(37-49)57-52-34-14-15-35-53(52)58(55-40-43-21-11-10-20-42(43)39-54(55)57)45-24-17-32-50(38-45)60(48-29-8-3-9-30-48)56-36-18-22-41-19-12-13-33-51(41)56/h41-58H,1-40H2. The molecule has 11 fully saturated rings. The maximum atomic E-state index is 3.46. The van der Waals surface area contributed by atoms with Crippen LogP contribution in [0.3, 0.4) is 0 Å². The molecule has 11 saturated carbocycles. The third-order valence-corrected chi connectivity index (χ3v) is 22.8. The van der Waals surface area contributed by atoms with Gasteiger partial charge in [-0.15, -0.1) is 0 Å². The predicted octanol–water partition coefficient (Wildman–Crippen LogP) is 15.9. The number of fused-ring (bicyclic) bond motifs is 4. The molecule has 340 valence electrons. The van der Waals surface area contributed by atoms with Crippen LogP contribution in [-0.2, 0) is 0 Å². The van der Waals surface area contributed by atoms with Crippen LogP contribution >= 0.6 is 0 Å². The fourth-order valence-electron chi connectivity index (χ4n) is 20.8. The van der Waals surface area contributed by atoms with Crippen LogP contribution in [0.1, 0.15) is 257 Å². The molecule has 0 aromatic heterocycles. The molecule has 2 heteroatoms. The van der Waals surface area contributed by atoms with E-state index in [2.05, 4.69) is 9.80 Å². The largest absolute Gasteiger partial charge is 0.294 e. The SMILES string of the molecule is C1CCC(N(C2CCCCC2)C2CCCC(C3C4CCCCC4C(C4CCCC(N(C5CCCCC5)C5CCCC6CCCCC65)C4)C4CC5CCCCC5CC43)C2)CC1. The molecule has 2 nitrogen and oxygen atoms in total. The van der Waals surface area contributed by atoms with Gasteiger partial charge in [-0.3, -0.25) is 9.80 Å². The van der Waals surface area contributed by atoms with Gasteiger partial charge in [0.1, 0.15) is 0 Å². The van der Waals surface area contributed by atoms with Gasteiger partial charge in [0.05, 0.1) is 0 Å². The van der Waals surface area contributed by atoms with Crippen LogP contribution in [0, 0.1) is 71.0 Å². The zero-order chi connectivity index (χ0) is 39.8. The maximum absolute atomic E-state index is 3.46. The molecule has 15 unspecified atom stereocenters. The Kier molecular flexibility index (Phi) is 14.0. The second-order valence-electron chi connectivity index (χ2n) is 25.5. The first kappa shape index (κ1) is 42.5. The molecule has 0 amide bonds. The number of nitrogens with zero attached hydrogens (tertiary/aromatic N) is 2. The van der Waals surface area contributed by atoms with Gasteiger partial charge in [0, 0.05) is 36.3 Å². The third-order valence-electron chi connectivity index (χ3n) is 22.8. The second-order valence-corrected chi connectivity index (χ2v) is 25.5. The Morgan fingerprint density at radius 1 is 0.200 bits per heavy atom. The van der Waals surface area contributed by atoms with Crippen molar-refractivity contribution in [1.29, 1.82) is 0 Å². The molecule has 11 aliphatic carbocycles. The molecule has 60 heavy (non-hydrogen) atoms. The van der Waals surface area contributed by atoms with Crippen LogP contribution in [0.15, 0.2) is 0 Å². The molecule has 0 aromatic carbocycles. The first-order valence-electron chi connectivity index (χ1n) is 29.3. The zero-order valence-corrected chi connectivity index (χ0v) is 39.6. The molecule has 0 radical (unpaired) electrons. The molecule has 0 aromatic rings. The highest BCUT2D eigenvalue weighted by atomic mass is 15.2. The van der Waals surface area contributed by atoms with E-state index in [-0.39, 0.29) is 0 Å². The van der Waals surface area contributed by atoms with Gasteiger partial charge < -0.3 is 0 Å². The lowest BCUT2D eigenvalue weighted by Gasteiger charge is -2.63. The Balaban J connectivity index is 0.891. The molecule has 11 rings (SSSR count). The van der Waals surface area contributed by atoms with Gasteiger partial charge in [0.25, 0.3) is 0 Å². The Morgan fingerprint density at radius 2 is 0.550 bits per heavy atom. The fraction of sp³-hybridized carbons (Fsp3) is 1.00. The fourth-order valence-corrected chi connectivity index (χ4v) is 20.8. The Hall–Kier alpha value is -0.0800. The van der Waals surface area contributed by atoms with E-state index >= 15 is 0 Å². The van der Waals surface area contributed by atoms with Gasteiger partial charge in [0.2, 0.25) is 0 Å². The van der Waals surface area contributed by atoms with Gasteiger partial charge in [-0.2, -0.15) is 0 Å². The van der Waals surface area contributed by atoms with E-state index in [1.165, 1.54) is 83.5 Å². The van der Waals surface area contributed by atoms with Crippen molar-refractivity contribution in [2.45, 2.75) is 293 Å². The highest BCUT2D eigenvalue weighted by molar-refractivity contribution is 5.08. The maximum Gasteiger partial charge on any atom is 0.0132 e. The van der Waals surface area contributed by atoms with E-state index in [0.717, 1.165) is 107 Å². The predicted molar refractivity (Wildman–Crippen MR) is 253 cm³/mol. The molecular weight excluding hydrogens is 725 g/mol. The van der Waals surface area contributed by atoms with E-state index in [9.17, 15) is 0 Å². The minimum atomic E-state index is 0.923. The Bertz CT molecular complexity index is 1300. The van der Waals surface area contributed by atoms with Crippen LogP contribution in [0.4, 0.5) is 0 Å². The first-order chi connectivity index (χ1) is 29.8. The summed E-state index contributed by atoms with van der Waals surface area (Å²) in [4.78, 5) is 6.81. The number of hydrogen-bond donors (Lipinski definition) is 0. The summed E-state index contributed by atoms with van der Waals surface area (Å²) < 4.78 is 0. The molecular formula is C58H98N2. The zero-order valence-electron chi connectivity index (χ0n) is 39.6. The van der Waals surface area contributed by atoms with E-state index in [4.69, 9.17) is 0 Å². The monoisotopic (exact) mass is 823 g/mol. The van der Waals surface area contributed by atoms with Crippen molar-refractivity contribution in [3.8, 4) is 0 Å². The lowest BCUT2D eigenvalue weighted by Crippen LogP contribution is -2.59. The van der Waals surface area contributed by atoms with E-state index < -0.39 is 0 Å². The van der Waals surface area contributed by atoms with E-state index in [1.807, 2.05) is 0 Å².